The zero-order valence-corrected chi connectivity index (χ0v) is 13.3. The van der Waals surface area contributed by atoms with Gasteiger partial charge in [-0.3, -0.25) is 4.79 Å². The molecule has 0 saturated carbocycles. The van der Waals surface area contributed by atoms with Crippen molar-refractivity contribution < 1.29 is 23.6 Å². The Morgan fingerprint density at radius 3 is 2.70 bits per heavy atom. The van der Waals surface area contributed by atoms with E-state index in [0.29, 0.717) is 16.5 Å². The highest BCUT2D eigenvalue weighted by Crippen LogP contribution is 2.19. The molecule has 0 unspecified atom stereocenters. The first kappa shape index (κ1) is 16.8. The molecule has 0 aliphatic heterocycles. The van der Waals surface area contributed by atoms with Gasteiger partial charge in [-0.2, -0.15) is 0 Å². The van der Waals surface area contributed by atoms with Crippen LogP contribution in [0.3, 0.4) is 0 Å². The van der Waals surface area contributed by atoms with Gasteiger partial charge in [-0.25, -0.2) is 4.79 Å². The van der Waals surface area contributed by atoms with Crippen molar-refractivity contribution in [1.29, 1.82) is 0 Å². The molecule has 0 bridgehead atoms. The van der Waals surface area contributed by atoms with E-state index in [4.69, 9.17) is 25.6 Å². The number of hydrogen-bond acceptors (Lipinski definition) is 6. The second kappa shape index (κ2) is 7.64. The molecule has 0 aliphatic rings. The van der Waals surface area contributed by atoms with Crippen molar-refractivity contribution in [3.8, 4) is 5.88 Å². The summed E-state index contributed by atoms with van der Waals surface area (Å²) in [6.45, 7) is 2.76. The Bertz CT molecular complexity index is 714. The number of rotatable bonds is 6. The second-order valence-corrected chi connectivity index (χ2v) is 5.14. The number of amides is 1. The van der Waals surface area contributed by atoms with E-state index in [1.54, 1.807) is 25.1 Å². The van der Waals surface area contributed by atoms with Crippen molar-refractivity contribution in [2.75, 3.05) is 18.5 Å². The van der Waals surface area contributed by atoms with Gasteiger partial charge in [0.25, 0.3) is 11.8 Å². The lowest BCUT2D eigenvalue weighted by atomic mass is 10.2. The first-order valence-corrected chi connectivity index (χ1v) is 7.09. The molecule has 0 spiro atoms. The zero-order chi connectivity index (χ0) is 16.8. The summed E-state index contributed by atoms with van der Waals surface area (Å²) in [5.41, 5.74) is 1.42. The van der Waals surface area contributed by atoms with Crippen molar-refractivity contribution in [2.45, 2.75) is 13.8 Å². The van der Waals surface area contributed by atoms with E-state index in [1.807, 2.05) is 6.92 Å². The van der Waals surface area contributed by atoms with E-state index >= 15 is 0 Å². The molecule has 0 aliphatic carbocycles. The molecular formula is C15H15ClN2O5. The molecule has 2 aromatic rings. The molecule has 2 rings (SSSR count). The third-order valence-electron chi connectivity index (χ3n) is 2.76. The van der Waals surface area contributed by atoms with Gasteiger partial charge in [0.1, 0.15) is 5.76 Å². The van der Waals surface area contributed by atoms with Crippen molar-refractivity contribution >= 4 is 29.2 Å². The molecule has 0 radical (unpaired) electrons. The van der Waals surface area contributed by atoms with Crippen LogP contribution in [0.4, 0.5) is 5.69 Å². The fraction of sp³-hybridized carbons (Fsp3) is 0.267. The smallest absolute Gasteiger partial charge is 0.344 e. The summed E-state index contributed by atoms with van der Waals surface area (Å²) in [5, 5.41) is 6.67. The Kier molecular flexibility index (Phi) is 5.59. The predicted octanol–water partition coefficient (Wildman–Crippen LogP) is 2.51. The SMILES string of the molecule is Cc1cc(OCC(=O)OCC(=O)Nc2ccc(C)c(Cl)c2)no1. The van der Waals surface area contributed by atoms with Gasteiger partial charge >= 0.3 is 5.97 Å². The highest BCUT2D eigenvalue weighted by atomic mass is 35.5. The maximum absolute atomic E-state index is 11.7. The van der Waals surface area contributed by atoms with Crippen LogP contribution in [0.5, 0.6) is 5.88 Å². The quantitative estimate of drug-likeness (QED) is 0.814. The zero-order valence-electron chi connectivity index (χ0n) is 12.6. The topological polar surface area (TPSA) is 90.7 Å². The highest BCUT2D eigenvalue weighted by Gasteiger charge is 2.10. The maximum atomic E-state index is 11.7. The van der Waals surface area contributed by atoms with Crippen LogP contribution in [0.15, 0.2) is 28.8 Å². The molecule has 0 fully saturated rings. The molecule has 0 saturated heterocycles. The maximum Gasteiger partial charge on any atom is 0.344 e. The molecule has 1 aromatic heterocycles. The molecule has 7 nitrogen and oxygen atoms in total. The number of nitrogens with zero attached hydrogens (tertiary/aromatic N) is 1. The average molecular weight is 339 g/mol. The number of esters is 1. The van der Waals surface area contributed by atoms with Crippen LogP contribution in [0.2, 0.25) is 5.02 Å². The molecule has 23 heavy (non-hydrogen) atoms. The molecule has 1 amide bonds. The number of aromatic nitrogens is 1. The van der Waals surface area contributed by atoms with Crippen LogP contribution in [-0.2, 0) is 14.3 Å². The summed E-state index contributed by atoms with van der Waals surface area (Å²) in [6, 6.07) is 6.63. The number of carbonyl (C=O) groups excluding carboxylic acids is 2. The summed E-state index contributed by atoms with van der Waals surface area (Å²) < 4.78 is 14.6. The van der Waals surface area contributed by atoms with Crippen molar-refractivity contribution in [2.24, 2.45) is 0 Å². The van der Waals surface area contributed by atoms with Crippen LogP contribution in [-0.4, -0.2) is 30.2 Å². The lowest BCUT2D eigenvalue weighted by Crippen LogP contribution is -2.23. The van der Waals surface area contributed by atoms with Crippen LogP contribution >= 0.6 is 11.6 Å². The largest absolute Gasteiger partial charge is 0.463 e. The van der Waals surface area contributed by atoms with E-state index < -0.39 is 18.5 Å². The van der Waals surface area contributed by atoms with Gasteiger partial charge < -0.3 is 19.3 Å². The van der Waals surface area contributed by atoms with Crippen LogP contribution in [0.1, 0.15) is 11.3 Å². The molecule has 8 heteroatoms. The second-order valence-electron chi connectivity index (χ2n) is 4.74. The van der Waals surface area contributed by atoms with E-state index in [9.17, 15) is 9.59 Å². The van der Waals surface area contributed by atoms with Gasteiger partial charge in [-0.05, 0) is 36.7 Å². The fourth-order valence-electron chi connectivity index (χ4n) is 1.60. The molecule has 1 N–H and O–H groups in total. The molecule has 122 valence electrons. The van der Waals surface area contributed by atoms with Gasteiger partial charge in [0.2, 0.25) is 0 Å². The van der Waals surface area contributed by atoms with Gasteiger partial charge in [-0.15, -0.1) is 0 Å². The summed E-state index contributed by atoms with van der Waals surface area (Å²) in [5.74, 6) is -0.430. The van der Waals surface area contributed by atoms with Crippen LogP contribution in [0, 0.1) is 13.8 Å². The minimum atomic E-state index is -0.692. The summed E-state index contributed by atoms with van der Waals surface area (Å²) in [4.78, 5) is 23.2. The molecule has 0 atom stereocenters. The van der Waals surface area contributed by atoms with Crippen molar-refractivity contribution in [1.82, 2.24) is 5.16 Å². The van der Waals surface area contributed by atoms with Gasteiger partial charge in [-0.1, -0.05) is 17.7 Å². The van der Waals surface area contributed by atoms with Crippen molar-refractivity contribution in [3.63, 3.8) is 0 Å². The molecule has 1 heterocycles. The number of carbonyl (C=O) groups is 2. The summed E-state index contributed by atoms with van der Waals surface area (Å²) in [6.07, 6.45) is 0. The number of benzene rings is 1. The molecule has 1 aromatic carbocycles. The Hall–Kier alpha value is -2.54. The number of nitrogens with one attached hydrogen (secondary N) is 1. The monoisotopic (exact) mass is 338 g/mol. The number of aryl methyl sites for hydroxylation is 2. The highest BCUT2D eigenvalue weighted by molar-refractivity contribution is 6.31. The Morgan fingerprint density at radius 1 is 1.26 bits per heavy atom. The predicted molar refractivity (Wildman–Crippen MR) is 82.5 cm³/mol. The lowest BCUT2D eigenvalue weighted by Gasteiger charge is -2.08. The Balaban J connectivity index is 1.73. The minimum absolute atomic E-state index is 0.179. The minimum Gasteiger partial charge on any atom is -0.463 e. The van der Waals surface area contributed by atoms with Gasteiger partial charge in [0, 0.05) is 16.8 Å². The normalized spacial score (nSPS) is 10.2. The number of halogens is 1. The van der Waals surface area contributed by atoms with Crippen LogP contribution in [0.25, 0.3) is 0 Å². The average Bonchev–Trinajstić information content (AvgIpc) is 2.92. The lowest BCUT2D eigenvalue weighted by molar-refractivity contribution is -0.149. The van der Waals surface area contributed by atoms with E-state index in [0.717, 1.165) is 5.56 Å². The van der Waals surface area contributed by atoms with Crippen LogP contribution < -0.4 is 10.1 Å². The number of anilines is 1. The first-order chi connectivity index (χ1) is 10.9. The van der Waals surface area contributed by atoms with E-state index in [2.05, 4.69) is 10.5 Å². The van der Waals surface area contributed by atoms with Gasteiger partial charge in [0.15, 0.2) is 13.2 Å². The van der Waals surface area contributed by atoms with E-state index in [-0.39, 0.29) is 12.5 Å². The molecular weight excluding hydrogens is 324 g/mol. The third kappa shape index (κ3) is 5.30. The summed E-state index contributed by atoms with van der Waals surface area (Å²) in [7, 11) is 0. The number of ether oxygens (including phenoxy) is 2. The fourth-order valence-corrected chi connectivity index (χ4v) is 1.78. The van der Waals surface area contributed by atoms with Crippen molar-refractivity contribution in [3.05, 3.63) is 40.6 Å². The standard InChI is InChI=1S/C15H15ClN2O5/c1-9-3-4-11(6-12(9)16)17-13(19)7-22-15(20)8-21-14-5-10(2)23-18-14/h3-6H,7-8H2,1-2H3,(H,17,19). The Labute approximate surface area is 137 Å². The summed E-state index contributed by atoms with van der Waals surface area (Å²) >= 11 is 5.96. The third-order valence-corrected chi connectivity index (χ3v) is 3.17. The van der Waals surface area contributed by atoms with E-state index in [1.165, 1.54) is 6.07 Å². The number of hydrogen-bond donors (Lipinski definition) is 1. The first-order valence-electron chi connectivity index (χ1n) is 6.72. The Morgan fingerprint density at radius 2 is 2.04 bits per heavy atom. The van der Waals surface area contributed by atoms with Gasteiger partial charge in [0.05, 0.1) is 0 Å².